The van der Waals surface area contributed by atoms with Crippen LogP contribution in [0.25, 0.3) is 0 Å². The molecule has 168 valence electrons. The quantitative estimate of drug-likeness (QED) is 0.460. The van der Waals surface area contributed by atoms with E-state index in [0.717, 1.165) is 47.4 Å². The number of benzene rings is 2. The standard InChI is InChI=1S/C27H28N4OS/c1-3-20-7-11-22(12-8-20)30-17-29-18-31(23-13-9-21(4-2)10-14-23)26(25-6-5-15-32-25)24(16-28)27(29)33-19-30/h5-15,26H,3-4,17-19H2,1-2H3. The predicted octanol–water partition coefficient (Wildman–Crippen LogP) is 6.13. The van der Waals surface area contributed by atoms with Crippen molar-refractivity contribution < 1.29 is 4.42 Å². The van der Waals surface area contributed by atoms with Crippen molar-refractivity contribution in [3.05, 3.63) is 94.4 Å². The van der Waals surface area contributed by atoms with E-state index in [9.17, 15) is 5.26 Å². The van der Waals surface area contributed by atoms with Gasteiger partial charge in [-0.15, -0.1) is 0 Å². The summed E-state index contributed by atoms with van der Waals surface area (Å²) in [6, 6.07) is 23.7. The topological polar surface area (TPSA) is 46.7 Å². The third-order valence-electron chi connectivity index (χ3n) is 6.44. The molecule has 3 heterocycles. The number of hydrogen-bond acceptors (Lipinski definition) is 6. The maximum atomic E-state index is 10.3. The second-order valence-electron chi connectivity index (χ2n) is 8.39. The first-order valence-corrected chi connectivity index (χ1v) is 12.4. The Morgan fingerprint density at radius 2 is 1.58 bits per heavy atom. The van der Waals surface area contributed by atoms with Gasteiger partial charge < -0.3 is 19.1 Å². The van der Waals surface area contributed by atoms with Crippen molar-refractivity contribution in [1.82, 2.24) is 4.90 Å². The van der Waals surface area contributed by atoms with E-state index in [1.807, 2.05) is 12.1 Å². The molecule has 1 atom stereocenters. The molecule has 5 rings (SSSR count). The summed E-state index contributed by atoms with van der Waals surface area (Å²) in [5, 5.41) is 11.3. The highest BCUT2D eigenvalue weighted by Crippen LogP contribution is 2.44. The Hall–Kier alpha value is -3.30. The van der Waals surface area contributed by atoms with E-state index in [1.165, 1.54) is 16.8 Å². The molecule has 1 unspecified atom stereocenters. The van der Waals surface area contributed by atoms with Crippen LogP contribution >= 0.6 is 11.8 Å². The molecule has 2 aromatic carbocycles. The molecule has 0 bridgehead atoms. The largest absolute Gasteiger partial charge is 0.467 e. The van der Waals surface area contributed by atoms with Gasteiger partial charge in [-0.1, -0.05) is 49.9 Å². The highest BCUT2D eigenvalue weighted by molar-refractivity contribution is 8.03. The first-order chi connectivity index (χ1) is 16.2. The third kappa shape index (κ3) is 4.09. The molecule has 1 fully saturated rings. The van der Waals surface area contributed by atoms with Crippen LogP contribution in [0.15, 0.2) is 81.9 Å². The predicted molar refractivity (Wildman–Crippen MR) is 135 cm³/mol. The Kier molecular flexibility index (Phi) is 6.06. The van der Waals surface area contributed by atoms with Crippen molar-refractivity contribution in [2.75, 3.05) is 29.0 Å². The average molecular weight is 457 g/mol. The van der Waals surface area contributed by atoms with Gasteiger partial charge in [0, 0.05) is 11.4 Å². The van der Waals surface area contributed by atoms with Crippen molar-refractivity contribution in [3.8, 4) is 6.07 Å². The molecule has 1 saturated heterocycles. The van der Waals surface area contributed by atoms with Gasteiger partial charge in [-0.2, -0.15) is 5.26 Å². The lowest BCUT2D eigenvalue weighted by atomic mass is 10.0. The minimum Gasteiger partial charge on any atom is -0.467 e. The van der Waals surface area contributed by atoms with E-state index in [1.54, 1.807) is 18.0 Å². The van der Waals surface area contributed by atoms with Crippen molar-refractivity contribution in [2.24, 2.45) is 0 Å². The number of nitrogens with zero attached hydrogens (tertiary/aromatic N) is 4. The van der Waals surface area contributed by atoms with Crippen LogP contribution in [0, 0.1) is 11.3 Å². The number of rotatable bonds is 5. The fraction of sp³-hybridized carbons (Fsp3) is 0.296. The van der Waals surface area contributed by atoms with Crippen LogP contribution < -0.4 is 9.80 Å². The molecule has 1 aromatic heterocycles. The molecular formula is C27H28N4OS. The maximum absolute atomic E-state index is 10.3. The van der Waals surface area contributed by atoms with Crippen molar-refractivity contribution in [2.45, 2.75) is 32.7 Å². The minimum atomic E-state index is -0.230. The molecule has 0 N–H and O–H groups in total. The summed E-state index contributed by atoms with van der Waals surface area (Å²) in [7, 11) is 0. The van der Waals surface area contributed by atoms with E-state index in [2.05, 4.69) is 83.1 Å². The summed E-state index contributed by atoms with van der Waals surface area (Å²) in [5.74, 6) is 1.62. The van der Waals surface area contributed by atoms with Crippen molar-refractivity contribution >= 4 is 23.1 Å². The van der Waals surface area contributed by atoms with Gasteiger partial charge in [0.05, 0.1) is 36.1 Å². The SMILES string of the molecule is CCc1ccc(N2CSC3=C(C#N)C(c4ccco4)N(c4ccc(CC)cc4)CN3C2)cc1. The number of anilines is 2. The normalized spacial score (nSPS) is 18.3. The number of fused-ring (bicyclic) bond motifs is 1. The van der Waals surface area contributed by atoms with E-state index in [0.29, 0.717) is 6.67 Å². The van der Waals surface area contributed by atoms with E-state index in [-0.39, 0.29) is 6.04 Å². The van der Waals surface area contributed by atoms with E-state index < -0.39 is 0 Å². The third-order valence-corrected chi connectivity index (χ3v) is 7.64. The first kappa shape index (κ1) is 21.5. The molecule has 2 aliphatic heterocycles. The minimum absolute atomic E-state index is 0.230. The number of thioether (sulfide) groups is 1. The van der Waals surface area contributed by atoms with Gasteiger partial charge in [0.1, 0.15) is 17.9 Å². The zero-order valence-electron chi connectivity index (χ0n) is 19.1. The molecular weight excluding hydrogens is 428 g/mol. The van der Waals surface area contributed by atoms with Gasteiger partial charge in [-0.3, -0.25) is 0 Å². The van der Waals surface area contributed by atoms with E-state index >= 15 is 0 Å². The van der Waals surface area contributed by atoms with Crippen LogP contribution in [0.5, 0.6) is 0 Å². The lowest BCUT2D eigenvalue weighted by Gasteiger charge is -2.48. The molecule has 6 heteroatoms. The van der Waals surface area contributed by atoms with Gasteiger partial charge >= 0.3 is 0 Å². The summed E-state index contributed by atoms with van der Waals surface area (Å²) in [6.07, 6.45) is 3.74. The number of furan rings is 1. The number of aryl methyl sites for hydroxylation is 2. The number of nitriles is 1. The van der Waals surface area contributed by atoms with Crippen LogP contribution in [0.4, 0.5) is 11.4 Å². The second-order valence-corrected chi connectivity index (χ2v) is 9.33. The Balaban J connectivity index is 1.51. The van der Waals surface area contributed by atoms with Crippen LogP contribution in [-0.4, -0.2) is 24.1 Å². The fourth-order valence-corrected chi connectivity index (χ4v) is 5.66. The van der Waals surface area contributed by atoms with Crippen LogP contribution in [0.2, 0.25) is 0 Å². The summed E-state index contributed by atoms with van der Waals surface area (Å²) >= 11 is 1.74. The molecule has 0 amide bonds. The Bertz CT molecular complexity index is 1160. The summed E-state index contributed by atoms with van der Waals surface area (Å²) < 4.78 is 5.83. The van der Waals surface area contributed by atoms with Gasteiger partial charge in [-0.25, -0.2) is 0 Å². The van der Waals surface area contributed by atoms with Gasteiger partial charge in [-0.05, 0) is 60.4 Å². The monoisotopic (exact) mass is 456 g/mol. The smallest absolute Gasteiger partial charge is 0.131 e. The van der Waals surface area contributed by atoms with Crippen LogP contribution in [-0.2, 0) is 12.8 Å². The van der Waals surface area contributed by atoms with Gasteiger partial charge in [0.15, 0.2) is 0 Å². The molecule has 0 aliphatic carbocycles. The zero-order valence-corrected chi connectivity index (χ0v) is 19.9. The molecule has 33 heavy (non-hydrogen) atoms. The van der Waals surface area contributed by atoms with Gasteiger partial charge in [0.25, 0.3) is 0 Å². The molecule has 0 spiro atoms. The molecule has 3 aromatic rings. The number of hydrogen-bond donors (Lipinski definition) is 0. The first-order valence-electron chi connectivity index (χ1n) is 11.5. The summed E-state index contributed by atoms with van der Waals surface area (Å²) in [4.78, 5) is 6.96. The van der Waals surface area contributed by atoms with Gasteiger partial charge in [0.2, 0.25) is 0 Å². The Labute approximate surface area is 199 Å². The molecule has 0 radical (unpaired) electrons. The highest BCUT2D eigenvalue weighted by atomic mass is 32.2. The average Bonchev–Trinajstić information content (AvgIpc) is 3.42. The maximum Gasteiger partial charge on any atom is 0.131 e. The van der Waals surface area contributed by atoms with Crippen LogP contribution in [0.1, 0.15) is 36.8 Å². The fourth-order valence-electron chi connectivity index (χ4n) is 4.54. The van der Waals surface area contributed by atoms with Crippen molar-refractivity contribution in [3.63, 3.8) is 0 Å². The molecule has 2 aliphatic rings. The van der Waals surface area contributed by atoms with E-state index in [4.69, 9.17) is 4.42 Å². The zero-order chi connectivity index (χ0) is 22.8. The molecule has 0 saturated carbocycles. The second kappa shape index (κ2) is 9.29. The van der Waals surface area contributed by atoms with Crippen LogP contribution in [0.3, 0.4) is 0 Å². The Morgan fingerprint density at radius 3 is 2.15 bits per heavy atom. The summed E-state index contributed by atoms with van der Waals surface area (Å²) in [5.41, 5.74) is 5.70. The lowest BCUT2D eigenvalue weighted by Crippen LogP contribution is -2.51. The van der Waals surface area contributed by atoms with Crippen molar-refractivity contribution in [1.29, 1.82) is 5.26 Å². The molecule has 5 nitrogen and oxygen atoms in total. The Morgan fingerprint density at radius 1 is 0.909 bits per heavy atom. The summed E-state index contributed by atoms with van der Waals surface area (Å²) in [6.45, 7) is 5.77. The lowest BCUT2D eigenvalue weighted by molar-refractivity contribution is 0.314. The highest BCUT2D eigenvalue weighted by Gasteiger charge is 2.39.